The van der Waals surface area contributed by atoms with Crippen molar-refractivity contribution in [3.8, 4) is 11.4 Å². The SMILES string of the molecule is CCNc1nc(-c2cscc2C)nc2sc(C)cc12. The maximum atomic E-state index is 4.72. The molecule has 3 aromatic rings. The molecule has 3 rings (SSSR count). The molecule has 3 heterocycles. The number of thiophene rings is 2. The van der Waals surface area contributed by atoms with Gasteiger partial charge in [-0.25, -0.2) is 9.97 Å². The summed E-state index contributed by atoms with van der Waals surface area (Å²) in [6, 6.07) is 2.16. The monoisotopic (exact) mass is 289 g/mol. The third-order valence-electron chi connectivity index (χ3n) is 2.96. The summed E-state index contributed by atoms with van der Waals surface area (Å²) in [5.74, 6) is 1.77. The fourth-order valence-electron chi connectivity index (χ4n) is 2.05. The highest BCUT2D eigenvalue weighted by Crippen LogP contribution is 2.32. The standard InChI is InChI=1S/C14H15N3S2/c1-4-15-12-10-5-9(3)19-14(10)17-13(16-12)11-7-18-6-8(11)2/h5-7H,4H2,1-3H3,(H,15,16,17). The first kappa shape index (κ1) is 12.6. The summed E-state index contributed by atoms with van der Waals surface area (Å²) >= 11 is 3.42. The van der Waals surface area contributed by atoms with E-state index in [0.29, 0.717) is 0 Å². The summed E-state index contributed by atoms with van der Waals surface area (Å²) in [5, 5.41) is 8.72. The van der Waals surface area contributed by atoms with E-state index in [-0.39, 0.29) is 0 Å². The Bertz CT molecular complexity index is 727. The molecule has 0 saturated carbocycles. The van der Waals surface area contributed by atoms with Crippen molar-refractivity contribution >= 4 is 38.7 Å². The number of aromatic nitrogens is 2. The second-order valence-corrected chi connectivity index (χ2v) is 6.45. The number of hydrogen-bond donors (Lipinski definition) is 1. The number of hydrogen-bond acceptors (Lipinski definition) is 5. The van der Waals surface area contributed by atoms with Gasteiger partial charge in [-0.1, -0.05) is 0 Å². The molecule has 19 heavy (non-hydrogen) atoms. The van der Waals surface area contributed by atoms with Gasteiger partial charge in [-0.2, -0.15) is 11.3 Å². The van der Waals surface area contributed by atoms with Crippen LogP contribution >= 0.6 is 22.7 Å². The molecule has 1 N–H and O–H groups in total. The molecule has 3 aromatic heterocycles. The van der Waals surface area contributed by atoms with E-state index < -0.39 is 0 Å². The fraction of sp³-hybridized carbons (Fsp3) is 0.286. The average molecular weight is 289 g/mol. The van der Waals surface area contributed by atoms with Gasteiger partial charge in [-0.3, -0.25) is 0 Å². The van der Waals surface area contributed by atoms with Crippen molar-refractivity contribution in [2.75, 3.05) is 11.9 Å². The van der Waals surface area contributed by atoms with Crippen LogP contribution in [0.15, 0.2) is 16.8 Å². The molecule has 0 fully saturated rings. The van der Waals surface area contributed by atoms with Crippen LogP contribution in [0.3, 0.4) is 0 Å². The number of aryl methyl sites for hydroxylation is 2. The minimum Gasteiger partial charge on any atom is -0.370 e. The van der Waals surface area contributed by atoms with E-state index in [1.54, 1.807) is 22.7 Å². The Kier molecular flexibility index (Phi) is 3.24. The van der Waals surface area contributed by atoms with Gasteiger partial charge in [0.25, 0.3) is 0 Å². The fourth-order valence-corrected chi connectivity index (χ4v) is 3.76. The minimum atomic E-state index is 0.823. The zero-order valence-corrected chi connectivity index (χ0v) is 12.8. The third kappa shape index (κ3) is 2.24. The van der Waals surface area contributed by atoms with Crippen molar-refractivity contribution in [2.24, 2.45) is 0 Å². The van der Waals surface area contributed by atoms with Gasteiger partial charge in [0, 0.05) is 22.4 Å². The first-order valence-electron chi connectivity index (χ1n) is 6.24. The van der Waals surface area contributed by atoms with Crippen LogP contribution < -0.4 is 5.32 Å². The molecular formula is C14H15N3S2. The second kappa shape index (κ2) is 4.90. The first-order valence-corrected chi connectivity index (χ1v) is 8.00. The quantitative estimate of drug-likeness (QED) is 0.773. The molecule has 98 valence electrons. The number of fused-ring (bicyclic) bond motifs is 1. The summed E-state index contributed by atoms with van der Waals surface area (Å²) < 4.78 is 0. The molecule has 0 aliphatic heterocycles. The average Bonchev–Trinajstić information content (AvgIpc) is 2.94. The highest BCUT2D eigenvalue weighted by molar-refractivity contribution is 7.18. The van der Waals surface area contributed by atoms with Crippen LogP contribution in [-0.2, 0) is 0 Å². The molecular weight excluding hydrogens is 274 g/mol. The van der Waals surface area contributed by atoms with Crippen LogP contribution in [0.4, 0.5) is 5.82 Å². The minimum absolute atomic E-state index is 0.823. The number of nitrogens with one attached hydrogen (secondary N) is 1. The van der Waals surface area contributed by atoms with Gasteiger partial charge in [-0.05, 0) is 37.8 Å². The largest absolute Gasteiger partial charge is 0.370 e. The molecule has 0 unspecified atom stereocenters. The van der Waals surface area contributed by atoms with Crippen LogP contribution in [0.25, 0.3) is 21.6 Å². The van der Waals surface area contributed by atoms with E-state index in [0.717, 1.165) is 34.0 Å². The van der Waals surface area contributed by atoms with E-state index in [9.17, 15) is 0 Å². The van der Waals surface area contributed by atoms with Crippen LogP contribution in [0.2, 0.25) is 0 Å². The van der Waals surface area contributed by atoms with Crippen molar-refractivity contribution in [1.29, 1.82) is 0 Å². The zero-order chi connectivity index (χ0) is 13.4. The van der Waals surface area contributed by atoms with Crippen molar-refractivity contribution in [3.05, 3.63) is 27.3 Å². The first-order chi connectivity index (χ1) is 9.19. The lowest BCUT2D eigenvalue weighted by molar-refractivity contribution is 1.15. The Balaban J connectivity index is 2.24. The topological polar surface area (TPSA) is 37.8 Å². The second-order valence-electron chi connectivity index (χ2n) is 4.47. The van der Waals surface area contributed by atoms with Gasteiger partial charge in [0.15, 0.2) is 5.82 Å². The summed E-state index contributed by atoms with van der Waals surface area (Å²) in [6.07, 6.45) is 0. The molecule has 3 nitrogen and oxygen atoms in total. The van der Waals surface area contributed by atoms with E-state index in [4.69, 9.17) is 9.97 Å². The zero-order valence-electron chi connectivity index (χ0n) is 11.2. The molecule has 0 aliphatic carbocycles. The van der Waals surface area contributed by atoms with E-state index >= 15 is 0 Å². The lowest BCUT2D eigenvalue weighted by atomic mass is 10.2. The molecule has 5 heteroatoms. The van der Waals surface area contributed by atoms with Gasteiger partial charge in [0.05, 0.1) is 5.39 Å². The predicted octanol–water partition coefficient (Wildman–Crippen LogP) is 4.47. The molecule has 0 aliphatic rings. The molecule has 0 atom stereocenters. The normalized spacial score (nSPS) is 11.1. The molecule has 0 radical (unpaired) electrons. The Morgan fingerprint density at radius 1 is 1.21 bits per heavy atom. The summed E-state index contributed by atoms with van der Waals surface area (Å²) in [4.78, 5) is 11.7. The highest BCUT2D eigenvalue weighted by Gasteiger charge is 2.13. The number of anilines is 1. The molecule has 0 bridgehead atoms. The van der Waals surface area contributed by atoms with Crippen LogP contribution in [-0.4, -0.2) is 16.5 Å². The van der Waals surface area contributed by atoms with Crippen LogP contribution in [0, 0.1) is 13.8 Å². The van der Waals surface area contributed by atoms with Gasteiger partial charge in [-0.15, -0.1) is 11.3 Å². The summed E-state index contributed by atoms with van der Waals surface area (Å²) in [5.41, 5.74) is 2.37. The van der Waals surface area contributed by atoms with Gasteiger partial charge < -0.3 is 5.32 Å². The molecule has 0 aromatic carbocycles. The Morgan fingerprint density at radius 2 is 2.05 bits per heavy atom. The van der Waals surface area contributed by atoms with E-state index in [1.807, 2.05) is 0 Å². The molecule has 0 spiro atoms. The van der Waals surface area contributed by atoms with E-state index in [1.165, 1.54) is 10.4 Å². The molecule has 0 saturated heterocycles. The van der Waals surface area contributed by atoms with Gasteiger partial charge in [0.2, 0.25) is 0 Å². The third-order valence-corrected chi connectivity index (χ3v) is 4.76. The maximum Gasteiger partial charge on any atom is 0.164 e. The van der Waals surface area contributed by atoms with Crippen molar-refractivity contribution < 1.29 is 0 Å². The van der Waals surface area contributed by atoms with E-state index in [2.05, 4.69) is 42.9 Å². The lowest BCUT2D eigenvalue weighted by Crippen LogP contribution is -2.01. The summed E-state index contributed by atoms with van der Waals surface area (Å²) in [6.45, 7) is 7.16. The van der Waals surface area contributed by atoms with Crippen molar-refractivity contribution in [1.82, 2.24) is 9.97 Å². The van der Waals surface area contributed by atoms with Crippen LogP contribution in [0.1, 0.15) is 17.4 Å². The predicted molar refractivity (Wildman–Crippen MR) is 84.4 cm³/mol. The lowest BCUT2D eigenvalue weighted by Gasteiger charge is -2.06. The Morgan fingerprint density at radius 3 is 2.74 bits per heavy atom. The Hall–Kier alpha value is -1.46. The number of nitrogens with zero attached hydrogens (tertiary/aromatic N) is 2. The van der Waals surface area contributed by atoms with Gasteiger partial charge in [0.1, 0.15) is 10.6 Å². The van der Waals surface area contributed by atoms with Gasteiger partial charge >= 0.3 is 0 Å². The van der Waals surface area contributed by atoms with Crippen molar-refractivity contribution in [3.63, 3.8) is 0 Å². The summed E-state index contributed by atoms with van der Waals surface area (Å²) in [7, 11) is 0. The van der Waals surface area contributed by atoms with Crippen LogP contribution in [0.5, 0.6) is 0 Å². The number of rotatable bonds is 3. The maximum absolute atomic E-state index is 4.72. The molecule has 0 amide bonds. The smallest absolute Gasteiger partial charge is 0.164 e. The Labute approximate surface area is 120 Å². The van der Waals surface area contributed by atoms with Crippen molar-refractivity contribution in [2.45, 2.75) is 20.8 Å². The highest BCUT2D eigenvalue weighted by atomic mass is 32.1.